The summed E-state index contributed by atoms with van der Waals surface area (Å²) in [6.45, 7) is 5.11. The van der Waals surface area contributed by atoms with Crippen LogP contribution in [-0.2, 0) is 9.53 Å². The largest absolute Gasteiger partial charge is 0.462 e. The van der Waals surface area contributed by atoms with E-state index in [1.54, 1.807) is 0 Å². The summed E-state index contributed by atoms with van der Waals surface area (Å²) < 4.78 is 63.4. The van der Waals surface area contributed by atoms with Gasteiger partial charge >= 0.3 is 11.9 Å². The Bertz CT molecular complexity index is 238. The van der Waals surface area contributed by atoms with Crippen molar-refractivity contribution in [3.63, 3.8) is 0 Å². The van der Waals surface area contributed by atoms with Crippen LogP contribution in [0.4, 0.5) is 20.4 Å². The summed E-state index contributed by atoms with van der Waals surface area (Å²) in [7, 11) is 0. The molecule has 0 aromatic rings. The molecule has 0 heterocycles. The number of esters is 1. The molecule has 9 heteroatoms. The van der Waals surface area contributed by atoms with Gasteiger partial charge in [0.15, 0.2) is 0 Å². The lowest BCUT2D eigenvalue weighted by Crippen LogP contribution is -2.26. The number of hydrogen-bond acceptors (Lipinski definition) is 3. The molecule has 0 amide bonds. The van der Waals surface area contributed by atoms with Gasteiger partial charge in [-0.3, -0.25) is 0 Å². The van der Waals surface area contributed by atoms with E-state index in [0.29, 0.717) is 11.2 Å². The number of alkyl halides is 2. The average Bonchev–Trinajstić information content (AvgIpc) is 2.17. The predicted molar refractivity (Wildman–Crippen MR) is 61.1 cm³/mol. The monoisotopic (exact) mass is 299 g/mol. The third-order valence-corrected chi connectivity index (χ3v) is 2.73. The van der Waals surface area contributed by atoms with E-state index < -0.39 is 23.3 Å². The molecular weight excluding hydrogens is 281 g/mol. The molecule has 0 rings (SSSR count). The number of carbonyl (C=O) groups excluding carboxylic acids is 1. The summed E-state index contributed by atoms with van der Waals surface area (Å²) in [4.78, 5) is 10.1. The first-order valence-corrected chi connectivity index (χ1v) is 6.52. The van der Waals surface area contributed by atoms with Crippen LogP contribution in [0, 0.1) is 0 Å². The molecule has 0 fully saturated rings. The van der Waals surface area contributed by atoms with Gasteiger partial charge < -0.3 is 4.74 Å². The normalized spacial score (nSPS) is 12.8. The number of rotatable bonds is 5. The molecule has 0 unspecified atom stereocenters. The Kier molecular flexibility index (Phi) is 9.35. The van der Waals surface area contributed by atoms with Crippen molar-refractivity contribution in [1.29, 1.82) is 0 Å². The summed E-state index contributed by atoms with van der Waals surface area (Å²) in [6, 6.07) is 0. The molecule has 0 aliphatic carbocycles. The van der Waals surface area contributed by atoms with E-state index in [-0.39, 0.29) is 19.7 Å². The Morgan fingerprint density at radius 2 is 1.56 bits per heavy atom. The van der Waals surface area contributed by atoms with Gasteiger partial charge in [-0.2, -0.15) is 13.1 Å². The highest BCUT2D eigenvalue weighted by Crippen LogP contribution is 2.55. The fourth-order valence-electron chi connectivity index (χ4n) is 0.774. The van der Waals surface area contributed by atoms with Crippen molar-refractivity contribution in [1.82, 2.24) is 4.31 Å². The summed E-state index contributed by atoms with van der Waals surface area (Å²) >= 11 is -4.93. The second kappa shape index (κ2) is 8.52. The molecule has 0 aromatic carbocycles. The Morgan fingerprint density at radius 3 is 1.61 bits per heavy atom. The van der Waals surface area contributed by atoms with Crippen molar-refractivity contribution < 1.29 is 30.0 Å². The molecule has 0 saturated heterocycles. The zero-order valence-electron chi connectivity index (χ0n) is 10.7. The van der Waals surface area contributed by atoms with Crippen molar-refractivity contribution in [2.45, 2.75) is 33.6 Å². The van der Waals surface area contributed by atoms with Gasteiger partial charge in [0.05, 0.1) is 6.61 Å². The molecule has 0 bridgehead atoms. The minimum absolute atomic E-state index is 0.0116. The zero-order valence-corrected chi connectivity index (χ0v) is 11.5. The number of hydrogen-bond donors (Lipinski definition) is 0. The first-order chi connectivity index (χ1) is 8.00. The topological polar surface area (TPSA) is 29.5 Å². The summed E-state index contributed by atoms with van der Waals surface area (Å²) in [5.74, 6) is -4.82. The Hall–Kier alpha value is -0.570. The highest BCUT2D eigenvalue weighted by Gasteiger charge is 2.33. The van der Waals surface area contributed by atoms with Crippen LogP contribution >= 0.6 is 11.4 Å². The highest BCUT2D eigenvalue weighted by atomic mass is 32.3. The van der Waals surface area contributed by atoms with Crippen LogP contribution in [0.25, 0.3) is 0 Å². The van der Waals surface area contributed by atoms with Crippen molar-refractivity contribution in [3.8, 4) is 0 Å². The molecule has 0 N–H and O–H groups in total. The predicted octanol–water partition coefficient (Wildman–Crippen LogP) is 3.91. The number of ether oxygens (including phenoxy) is 1. The van der Waals surface area contributed by atoms with E-state index in [1.165, 1.54) is 20.8 Å². The third-order valence-electron chi connectivity index (χ3n) is 1.63. The molecule has 0 atom stereocenters. The van der Waals surface area contributed by atoms with Crippen molar-refractivity contribution in [3.05, 3.63) is 0 Å². The lowest BCUT2D eigenvalue weighted by atomic mass is 10.4. The average molecular weight is 299 g/mol. The van der Waals surface area contributed by atoms with Gasteiger partial charge in [-0.15, -0.1) is 11.7 Å². The molecule has 112 valence electrons. The maximum atomic E-state index is 11.8. The Balaban J connectivity index is 0. The van der Waals surface area contributed by atoms with Crippen molar-refractivity contribution in [2.24, 2.45) is 0 Å². The van der Waals surface area contributed by atoms with E-state index in [0.717, 1.165) is 0 Å². The summed E-state index contributed by atoms with van der Waals surface area (Å²) in [5.41, 5.74) is 0. The number of nitrogens with zero attached hydrogens (tertiary/aromatic N) is 1. The molecule has 0 radical (unpaired) electrons. The van der Waals surface area contributed by atoms with Gasteiger partial charge in [-0.05, 0) is 6.92 Å². The first kappa shape index (κ1) is 19.8. The molecule has 0 aliphatic rings. The van der Waals surface area contributed by atoms with E-state index in [2.05, 4.69) is 4.74 Å². The minimum atomic E-state index is -4.93. The maximum absolute atomic E-state index is 11.8. The second-order valence-corrected chi connectivity index (χ2v) is 4.39. The van der Waals surface area contributed by atoms with Gasteiger partial charge in [0.2, 0.25) is 0 Å². The lowest BCUT2D eigenvalue weighted by molar-refractivity contribution is -0.168. The molecule has 0 spiro atoms. The number of carbonyl (C=O) groups is 1. The maximum Gasteiger partial charge on any atom is 0.376 e. The van der Waals surface area contributed by atoms with Gasteiger partial charge in [-0.25, -0.2) is 4.79 Å². The van der Waals surface area contributed by atoms with Crippen molar-refractivity contribution >= 4 is 17.3 Å². The van der Waals surface area contributed by atoms with E-state index in [9.17, 15) is 25.2 Å². The summed E-state index contributed by atoms with van der Waals surface area (Å²) in [6.07, 6.45) is 0. The van der Waals surface area contributed by atoms with Crippen LogP contribution in [0.2, 0.25) is 0 Å². The van der Waals surface area contributed by atoms with Gasteiger partial charge in [0, 0.05) is 20.0 Å². The van der Waals surface area contributed by atoms with Crippen LogP contribution < -0.4 is 0 Å². The SMILES string of the molecule is CCN(CC)S(F)(F)F.CCOC(=O)C(C)(F)F. The van der Waals surface area contributed by atoms with Crippen molar-refractivity contribution in [2.75, 3.05) is 19.7 Å². The minimum Gasteiger partial charge on any atom is -0.462 e. The standard InChI is InChI=1S/C5H8F2O2.C4H10F3NS/c1-3-9-4(8)5(2,6)7;1-3-8(4-2)9(5,6)7/h3H2,1-2H3;3-4H2,1-2H3. The Morgan fingerprint density at radius 1 is 1.17 bits per heavy atom. The molecule has 0 aliphatic heterocycles. The zero-order chi connectivity index (χ0) is 15.0. The third kappa shape index (κ3) is 9.46. The van der Waals surface area contributed by atoms with Crippen LogP contribution in [0.3, 0.4) is 0 Å². The van der Waals surface area contributed by atoms with Gasteiger partial charge in [0.25, 0.3) is 11.4 Å². The lowest BCUT2D eigenvalue weighted by Gasteiger charge is -2.23. The highest BCUT2D eigenvalue weighted by molar-refractivity contribution is 8.18. The quantitative estimate of drug-likeness (QED) is 0.569. The van der Waals surface area contributed by atoms with Crippen LogP contribution in [-0.4, -0.2) is 35.9 Å². The van der Waals surface area contributed by atoms with Crippen LogP contribution in [0.15, 0.2) is 0 Å². The summed E-state index contributed by atoms with van der Waals surface area (Å²) in [5, 5.41) is 0. The molecule has 3 nitrogen and oxygen atoms in total. The fraction of sp³-hybridized carbons (Fsp3) is 0.889. The van der Waals surface area contributed by atoms with Gasteiger partial charge in [-0.1, -0.05) is 13.8 Å². The smallest absolute Gasteiger partial charge is 0.376 e. The van der Waals surface area contributed by atoms with Crippen LogP contribution in [0.5, 0.6) is 0 Å². The number of halogens is 5. The molecule has 0 saturated carbocycles. The van der Waals surface area contributed by atoms with Crippen LogP contribution in [0.1, 0.15) is 27.7 Å². The fourth-order valence-corrected chi connectivity index (χ4v) is 1.36. The first-order valence-electron chi connectivity index (χ1n) is 5.22. The second-order valence-electron chi connectivity index (χ2n) is 3.11. The van der Waals surface area contributed by atoms with E-state index >= 15 is 0 Å². The van der Waals surface area contributed by atoms with Gasteiger partial charge in [0.1, 0.15) is 0 Å². The van der Waals surface area contributed by atoms with E-state index in [4.69, 9.17) is 0 Å². The molecular formula is C9H18F5NO2S. The van der Waals surface area contributed by atoms with E-state index in [1.807, 2.05) is 0 Å². The Labute approximate surface area is 106 Å². The molecule has 18 heavy (non-hydrogen) atoms. The molecule has 0 aromatic heterocycles.